The molecule has 1 heterocycles. The molecular weight excluding hydrogens is 258 g/mol. The number of nitrogens with zero attached hydrogens (tertiary/aromatic N) is 2. The van der Waals surface area contributed by atoms with Crippen molar-refractivity contribution in [1.29, 1.82) is 0 Å². The summed E-state index contributed by atoms with van der Waals surface area (Å²) in [7, 11) is 1.90. The minimum Gasteiger partial charge on any atom is -0.325 e. The van der Waals surface area contributed by atoms with Crippen LogP contribution in [0.1, 0.15) is 49.8 Å². The average Bonchev–Trinajstić information content (AvgIpc) is 3.16. The van der Waals surface area contributed by atoms with Crippen molar-refractivity contribution >= 4 is 11.6 Å². The molecule has 3 rings (SSSR count). The highest BCUT2D eigenvalue weighted by atomic mass is 35.5. The van der Waals surface area contributed by atoms with Crippen molar-refractivity contribution < 1.29 is 0 Å². The van der Waals surface area contributed by atoms with Crippen LogP contribution in [0.15, 0.2) is 0 Å². The summed E-state index contributed by atoms with van der Waals surface area (Å²) in [6.07, 6.45) is 8.68. The maximum absolute atomic E-state index is 6.70. The largest absolute Gasteiger partial charge is 0.325 e. The van der Waals surface area contributed by atoms with E-state index in [1.807, 2.05) is 14.0 Å². The second-order valence-corrected chi connectivity index (χ2v) is 7.07. The molecule has 0 amide bonds. The van der Waals surface area contributed by atoms with Crippen LogP contribution >= 0.6 is 11.6 Å². The van der Waals surface area contributed by atoms with E-state index in [2.05, 4.69) is 5.10 Å². The highest BCUT2D eigenvalue weighted by Gasteiger charge is 2.40. The van der Waals surface area contributed by atoms with E-state index in [-0.39, 0.29) is 5.54 Å². The molecule has 4 heteroatoms. The van der Waals surface area contributed by atoms with Crippen molar-refractivity contribution in [3.8, 4) is 0 Å². The van der Waals surface area contributed by atoms with Gasteiger partial charge in [0.05, 0.1) is 5.69 Å². The molecule has 2 aliphatic rings. The molecule has 1 aromatic heterocycles. The van der Waals surface area contributed by atoms with E-state index >= 15 is 0 Å². The fourth-order valence-electron chi connectivity index (χ4n) is 3.80. The van der Waals surface area contributed by atoms with Gasteiger partial charge >= 0.3 is 0 Å². The van der Waals surface area contributed by atoms with Crippen LogP contribution in [0.5, 0.6) is 0 Å². The molecule has 0 bridgehead atoms. The minimum absolute atomic E-state index is 0.0665. The van der Waals surface area contributed by atoms with E-state index in [0.29, 0.717) is 0 Å². The number of rotatable bonds is 3. The van der Waals surface area contributed by atoms with Gasteiger partial charge in [-0.15, -0.1) is 0 Å². The molecule has 2 saturated carbocycles. The molecule has 19 heavy (non-hydrogen) atoms. The van der Waals surface area contributed by atoms with Gasteiger partial charge in [-0.25, -0.2) is 0 Å². The van der Waals surface area contributed by atoms with Crippen LogP contribution in [0, 0.1) is 18.8 Å². The van der Waals surface area contributed by atoms with Gasteiger partial charge in [0.1, 0.15) is 5.15 Å². The molecule has 2 aliphatic carbocycles. The Kier molecular flexibility index (Phi) is 3.38. The smallest absolute Gasteiger partial charge is 0.130 e. The normalized spacial score (nSPS) is 31.7. The number of halogens is 1. The molecule has 0 aliphatic heterocycles. The zero-order valence-corrected chi connectivity index (χ0v) is 12.7. The molecule has 2 unspecified atom stereocenters. The van der Waals surface area contributed by atoms with E-state index in [4.69, 9.17) is 17.3 Å². The summed E-state index contributed by atoms with van der Waals surface area (Å²) in [5, 5.41) is 5.16. The second kappa shape index (κ2) is 4.78. The Balaban J connectivity index is 1.76. The van der Waals surface area contributed by atoms with Crippen molar-refractivity contribution in [3.63, 3.8) is 0 Å². The van der Waals surface area contributed by atoms with Crippen LogP contribution in [0.4, 0.5) is 0 Å². The highest BCUT2D eigenvalue weighted by Crippen LogP contribution is 2.46. The van der Waals surface area contributed by atoms with Gasteiger partial charge < -0.3 is 5.73 Å². The van der Waals surface area contributed by atoms with Gasteiger partial charge in [-0.2, -0.15) is 5.10 Å². The van der Waals surface area contributed by atoms with Gasteiger partial charge in [0, 0.05) is 18.2 Å². The van der Waals surface area contributed by atoms with Gasteiger partial charge in [0.15, 0.2) is 0 Å². The molecular formula is C15H24ClN3. The van der Waals surface area contributed by atoms with Crippen molar-refractivity contribution in [1.82, 2.24) is 9.78 Å². The molecule has 0 radical (unpaired) electrons. The maximum Gasteiger partial charge on any atom is 0.130 e. The van der Waals surface area contributed by atoms with Gasteiger partial charge in [-0.1, -0.05) is 24.4 Å². The molecule has 1 aromatic rings. The van der Waals surface area contributed by atoms with Crippen LogP contribution in [0.3, 0.4) is 0 Å². The molecule has 2 N–H and O–H groups in total. The summed E-state index contributed by atoms with van der Waals surface area (Å²) >= 11 is 6.35. The SMILES string of the molecule is Cc1nn(C)c(Cl)c1CC1(N)CCCC(C2CC2)C1. The molecule has 0 spiro atoms. The van der Waals surface area contributed by atoms with Crippen molar-refractivity contribution in [2.45, 2.75) is 57.4 Å². The van der Waals surface area contributed by atoms with Crippen molar-refractivity contribution in [2.24, 2.45) is 24.6 Å². The first kappa shape index (κ1) is 13.4. The Bertz CT molecular complexity index is 478. The third kappa shape index (κ3) is 2.68. The lowest BCUT2D eigenvalue weighted by Crippen LogP contribution is -2.46. The monoisotopic (exact) mass is 281 g/mol. The van der Waals surface area contributed by atoms with Gasteiger partial charge in [0.2, 0.25) is 0 Å². The molecule has 3 nitrogen and oxygen atoms in total. The van der Waals surface area contributed by atoms with Gasteiger partial charge in [-0.3, -0.25) is 4.68 Å². The van der Waals surface area contributed by atoms with Crippen molar-refractivity contribution in [2.75, 3.05) is 0 Å². The standard InChI is InChI=1S/C15H24ClN3/c1-10-13(14(16)19(2)18-10)9-15(17)7-3-4-12(8-15)11-5-6-11/h11-12H,3-9,17H2,1-2H3. The average molecular weight is 282 g/mol. The number of hydrogen-bond donors (Lipinski definition) is 1. The van der Waals surface area contributed by atoms with E-state index in [1.54, 1.807) is 4.68 Å². The summed E-state index contributed by atoms with van der Waals surface area (Å²) in [4.78, 5) is 0. The zero-order valence-electron chi connectivity index (χ0n) is 12.0. The summed E-state index contributed by atoms with van der Waals surface area (Å²) < 4.78 is 1.76. The fraction of sp³-hybridized carbons (Fsp3) is 0.800. The maximum atomic E-state index is 6.70. The molecule has 0 aromatic carbocycles. The zero-order chi connectivity index (χ0) is 13.6. The summed E-state index contributed by atoms with van der Waals surface area (Å²) in [5.74, 6) is 1.82. The summed E-state index contributed by atoms with van der Waals surface area (Å²) in [6, 6.07) is 0. The number of aromatic nitrogens is 2. The van der Waals surface area contributed by atoms with Gasteiger partial charge in [0.25, 0.3) is 0 Å². The first-order valence-corrected chi connectivity index (χ1v) is 7.83. The second-order valence-electron chi connectivity index (χ2n) is 6.71. The topological polar surface area (TPSA) is 43.8 Å². The number of aryl methyl sites for hydroxylation is 2. The summed E-state index contributed by atoms with van der Waals surface area (Å²) in [6.45, 7) is 2.03. The van der Waals surface area contributed by atoms with Crippen LogP contribution in [-0.4, -0.2) is 15.3 Å². The molecule has 2 atom stereocenters. The van der Waals surface area contributed by atoms with Crippen LogP contribution < -0.4 is 5.73 Å². The predicted octanol–water partition coefficient (Wildman–Crippen LogP) is 3.22. The van der Waals surface area contributed by atoms with E-state index < -0.39 is 0 Å². The lowest BCUT2D eigenvalue weighted by Gasteiger charge is -2.38. The van der Waals surface area contributed by atoms with E-state index in [1.165, 1.54) is 32.1 Å². The van der Waals surface area contributed by atoms with Crippen LogP contribution in [-0.2, 0) is 13.5 Å². The molecule has 106 valence electrons. The van der Waals surface area contributed by atoms with Crippen LogP contribution in [0.25, 0.3) is 0 Å². The third-order valence-electron chi connectivity index (χ3n) is 5.01. The van der Waals surface area contributed by atoms with E-state index in [9.17, 15) is 0 Å². The van der Waals surface area contributed by atoms with Crippen LogP contribution in [0.2, 0.25) is 5.15 Å². The quantitative estimate of drug-likeness (QED) is 0.924. The van der Waals surface area contributed by atoms with Gasteiger partial charge in [-0.05, 0) is 50.9 Å². The highest BCUT2D eigenvalue weighted by molar-refractivity contribution is 6.30. The Labute approximate surface area is 120 Å². The first-order valence-electron chi connectivity index (χ1n) is 7.45. The predicted molar refractivity (Wildman–Crippen MR) is 78.3 cm³/mol. The Morgan fingerprint density at radius 2 is 2.11 bits per heavy atom. The third-order valence-corrected chi connectivity index (χ3v) is 5.48. The van der Waals surface area contributed by atoms with Crippen molar-refractivity contribution in [3.05, 3.63) is 16.4 Å². The Hall–Kier alpha value is -0.540. The Morgan fingerprint density at radius 1 is 1.37 bits per heavy atom. The minimum atomic E-state index is -0.0665. The first-order chi connectivity index (χ1) is 8.98. The number of hydrogen-bond acceptors (Lipinski definition) is 2. The lowest BCUT2D eigenvalue weighted by atomic mass is 9.72. The lowest BCUT2D eigenvalue weighted by molar-refractivity contribution is 0.204. The molecule has 0 saturated heterocycles. The molecule has 2 fully saturated rings. The number of nitrogens with two attached hydrogens (primary N) is 1. The summed E-state index contributed by atoms with van der Waals surface area (Å²) in [5.41, 5.74) is 8.82. The fourth-order valence-corrected chi connectivity index (χ4v) is 4.04. The Morgan fingerprint density at radius 3 is 2.68 bits per heavy atom. The van der Waals surface area contributed by atoms with E-state index in [0.717, 1.165) is 41.1 Å².